The summed E-state index contributed by atoms with van der Waals surface area (Å²) in [6, 6.07) is 14.8. The van der Waals surface area contributed by atoms with Crippen LogP contribution in [0.2, 0.25) is 5.02 Å². The number of rotatable bonds is 6. The van der Waals surface area contributed by atoms with E-state index in [0.29, 0.717) is 22.4 Å². The standard InChI is InChI=1S/C27H27ClN2O3/c1-3-17-16-30-13-11-19(17)14-25(30)26(33-27(31)18-4-6-20(28)7-5-18)22-10-12-29-24-9-8-21(32-2)15-23(22)24/h3-10,12,15,17,19,25-26H,1,11,13-14,16H2,2H3/p+1/t17-,19-,25+,26-/m0/s1. The fraction of sp³-hybridized carbons (Fsp3) is 0.333. The summed E-state index contributed by atoms with van der Waals surface area (Å²) >= 11 is 6.02. The smallest absolute Gasteiger partial charge is 0.338 e. The lowest BCUT2D eigenvalue weighted by Crippen LogP contribution is -3.20. The number of carbonyl (C=O) groups excluding carboxylic acids is 1. The average molecular weight is 464 g/mol. The number of benzene rings is 2. The van der Waals surface area contributed by atoms with Gasteiger partial charge in [0.1, 0.15) is 11.8 Å². The van der Waals surface area contributed by atoms with Crippen molar-refractivity contribution in [3.05, 3.63) is 83.5 Å². The molecule has 0 spiro atoms. The van der Waals surface area contributed by atoms with Gasteiger partial charge in [-0.15, -0.1) is 6.58 Å². The third-order valence-electron chi connectivity index (χ3n) is 7.29. The van der Waals surface area contributed by atoms with Crippen LogP contribution in [0.1, 0.15) is 34.9 Å². The minimum atomic E-state index is -0.394. The Morgan fingerprint density at radius 1 is 1.24 bits per heavy atom. The number of esters is 1. The molecule has 6 rings (SSSR count). The van der Waals surface area contributed by atoms with Crippen molar-refractivity contribution >= 4 is 28.5 Å². The molecule has 0 radical (unpaired) electrons. The molecule has 3 aliphatic heterocycles. The SMILES string of the molecule is C=C[C@H]1C[NH+]2CC[C@H]1C[C@@H]2[C@@H](OC(=O)c1ccc(Cl)cc1)c1ccnc2ccc(OC)cc12. The first-order valence-electron chi connectivity index (χ1n) is 11.4. The number of quaternary nitrogens is 1. The Hall–Kier alpha value is -2.89. The Labute approximate surface area is 199 Å². The Kier molecular flexibility index (Phi) is 6.09. The van der Waals surface area contributed by atoms with E-state index in [2.05, 4.69) is 17.6 Å². The molecule has 4 heterocycles. The third-order valence-corrected chi connectivity index (χ3v) is 7.54. The van der Waals surface area contributed by atoms with E-state index in [1.807, 2.05) is 24.3 Å². The second kappa shape index (κ2) is 9.16. The van der Waals surface area contributed by atoms with Crippen molar-refractivity contribution < 1.29 is 19.2 Å². The molecular weight excluding hydrogens is 436 g/mol. The largest absolute Gasteiger partial charge is 0.497 e. The topological polar surface area (TPSA) is 52.9 Å². The van der Waals surface area contributed by atoms with E-state index >= 15 is 0 Å². The highest BCUT2D eigenvalue weighted by molar-refractivity contribution is 6.30. The first kappa shape index (κ1) is 21.9. The molecule has 3 aliphatic rings. The van der Waals surface area contributed by atoms with E-state index < -0.39 is 6.10 Å². The molecule has 3 fully saturated rings. The lowest BCUT2D eigenvalue weighted by Gasteiger charge is -2.48. The molecule has 5 atom stereocenters. The zero-order chi connectivity index (χ0) is 22.9. The number of hydrogen-bond donors (Lipinski definition) is 1. The summed E-state index contributed by atoms with van der Waals surface area (Å²) in [7, 11) is 1.65. The first-order valence-corrected chi connectivity index (χ1v) is 11.8. The molecule has 1 unspecified atom stereocenters. The minimum Gasteiger partial charge on any atom is -0.497 e. The van der Waals surface area contributed by atoms with Gasteiger partial charge in [0.05, 0.1) is 31.3 Å². The lowest BCUT2D eigenvalue weighted by molar-refractivity contribution is -0.949. The van der Waals surface area contributed by atoms with Gasteiger partial charge in [0.2, 0.25) is 0 Å². The predicted octanol–water partition coefficient (Wildman–Crippen LogP) is 4.27. The van der Waals surface area contributed by atoms with E-state index in [0.717, 1.165) is 41.7 Å². The molecule has 2 bridgehead atoms. The van der Waals surface area contributed by atoms with Crippen LogP contribution >= 0.6 is 11.6 Å². The Morgan fingerprint density at radius 2 is 2.06 bits per heavy atom. The highest BCUT2D eigenvalue weighted by Crippen LogP contribution is 2.37. The number of methoxy groups -OCH3 is 1. The number of carbonyl (C=O) groups is 1. The normalized spacial score (nSPS) is 24.9. The molecule has 0 amide bonds. The molecule has 0 saturated carbocycles. The minimum absolute atomic E-state index is 0.174. The second-order valence-corrected chi connectivity index (χ2v) is 9.46. The summed E-state index contributed by atoms with van der Waals surface area (Å²) < 4.78 is 11.8. The summed E-state index contributed by atoms with van der Waals surface area (Å²) in [6.45, 7) is 6.17. The van der Waals surface area contributed by atoms with Gasteiger partial charge in [0, 0.05) is 40.9 Å². The van der Waals surface area contributed by atoms with Crippen molar-refractivity contribution in [3.8, 4) is 5.75 Å². The van der Waals surface area contributed by atoms with Crippen LogP contribution in [0.3, 0.4) is 0 Å². The van der Waals surface area contributed by atoms with Crippen molar-refractivity contribution in [1.82, 2.24) is 4.98 Å². The molecule has 170 valence electrons. The summed E-state index contributed by atoms with van der Waals surface area (Å²) in [4.78, 5) is 19.2. The van der Waals surface area contributed by atoms with E-state index in [1.165, 1.54) is 11.3 Å². The van der Waals surface area contributed by atoms with E-state index in [-0.39, 0.29) is 12.0 Å². The van der Waals surface area contributed by atoms with Crippen LogP contribution in [0.15, 0.2) is 67.4 Å². The van der Waals surface area contributed by atoms with Crippen molar-refractivity contribution in [2.24, 2.45) is 11.8 Å². The van der Waals surface area contributed by atoms with Crippen molar-refractivity contribution in [1.29, 1.82) is 0 Å². The summed E-state index contributed by atoms with van der Waals surface area (Å²) in [5, 5.41) is 1.54. The monoisotopic (exact) mass is 463 g/mol. The predicted molar refractivity (Wildman–Crippen MR) is 129 cm³/mol. The summed E-state index contributed by atoms with van der Waals surface area (Å²) in [5.74, 6) is 1.51. The number of nitrogens with zero attached hydrogens (tertiary/aromatic N) is 1. The van der Waals surface area contributed by atoms with Gasteiger partial charge >= 0.3 is 5.97 Å². The molecule has 1 N–H and O–H groups in total. The van der Waals surface area contributed by atoms with Crippen molar-refractivity contribution in [2.75, 3.05) is 20.2 Å². The van der Waals surface area contributed by atoms with Gasteiger partial charge in [0.15, 0.2) is 6.10 Å². The van der Waals surface area contributed by atoms with Crippen LogP contribution in [0.4, 0.5) is 0 Å². The number of pyridine rings is 1. The van der Waals surface area contributed by atoms with Gasteiger partial charge in [-0.2, -0.15) is 0 Å². The molecule has 5 nitrogen and oxygen atoms in total. The Balaban J connectivity index is 1.56. The molecule has 3 aromatic rings. The molecule has 0 aliphatic carbocycles. The van der Waals surface area contributed by atoms with Gasteiger partial charge in [-0.3, -0.25) is 4.98 Å². The Bertz CT molecular complexity index is 1180. The Morgan fingerprint density at radius 3 is 2.76 bits per heavy atom. The highest BCUT2D eigenvalue weighted by Gasteiger charge is 2.47. The van der Waals surface area contributed by atoms with Crippen LogP contribution in [-0.2, 0) is 4.74 Å². The number of piperidine rings is 3. The number of fused-ring (bicyclic) bond motifs is 4. The van der Waals surface area contributed by atoms with Gasteiger partial charge in [-0.05, 0) is 54.4 Å². The molecule has 2 aromatic carbocycles. The highest BCUT2D eigenvalue weighted by atomic mass is 35.5. The van der Waals surface area contributed by atoms with E-state index in [9.17, 15) is 4.79 Å². The third kappa shape index (κ3) is 4.23. The van der Waals surface area contributed by atoms with Crippen LogP contribution in [0.25, 0.3) is 10.9 Å². The molecular formula is C27H28ClN2O3+. The second-order valence-electron chi connectivity index (χ2n) is 9.02. The number of halogens is 1. The maximum Gasteiger partial charge on any atom is 0.338 e. The van der Waals surface area contributed by atoms with Crippen molar-refractivity contribution in [2.45, 2.75) is 25.0 Å². The van der Waals surface area contributed by atoms with Gasteiger partial charge in [0.25, 0.3) is 0 Å². The summed E-state index contributed by atoms with van der Waals surface area (Å²) in [5.41, 5.74) is 2.33. The average Bonchev–Trinajstić information content (AvgIpc) is 2.87. The van der Waals surface area contributed by atoms with Gasteiger partial charge < -0.3 is 14.4 Å². The molecule has 6 heteroatoms. The number of ether oxygens (including phenoxy) is 2. The number of hydrogen-bond acceptors (Lipinski definition) is 4. The zero-order valence-electron chi connectivity index (χ0n) is 18.7. The fourth-order valence-electron chi connectivity index (χ4n) is 5.55. The van der Waals surface area contributed by atoms with E-state index in [4.69, 9.17) is 21.1 Å². The van der Waals surface area contributed by atoms with Crippen LogP contribution < -0.4 is 9.64 Å². The van der Waals surface area contributed by atoms with Crippen molar-refractivity contribution in [3.63, 3.8) is 0 Å². The number of nitrogens with one attached hydrogen (secondary N) is 1. The zero-order valence-corrected chi connectivity index (χ0v) is 19.4. The maximum absolute atomic E-state index is 13.2. The van der Waals surface area contributed by atoms with Crippen LogP contribution in [0.5, 0.6) is 5.75 Å². The van der Waals surface area contributed by atoms with Gasteiger partial charge in [-0.25, -0.2) is 4.79 Å². The fourth-order valence-corrected chi connectivity index (χ4v) is 5.67. The number of aromatic nitrogens is 1. The van der Waals surface area contributed by atoms with Crippen LogP contribution in [-0.4, -0.2) is 37.2 Å². The summed E-state index contributed by atoms with van der Waals surface area (Å²) in [6.07, 6.45) is 5.69. The lowest BCUT2D eigenvalue weighted by atomic mass is 9.73. The maximum atomic E-state index is 13.2. The van der Waals surface area contributed by atoms with E-state index in [1.54, 1.807) is 37.6 Å². The van der Waals surface area contributed by atoms with Crippen LogP contribution in [0, 0.1) is 11.8 Å². The molecule has 1 aromatic heterocycles. The quantitative estimate of drug-likeness (QED) is 0.438. The first-order chi connectivity index (χ1) is 16.1. The molecule has 3 saturated heterocycles. The molecule has 33 heavy (non-hydrogen) atoms. The van der Waals surface area contributed by atoms with Gasteiger partial charge in [-0.1, -0.05) is 17.7 Å².